The lowest BCUT2D eigenvalue weighted by atomic mass is 9.78. The molecule has 0 spiro atoms. The van der Waals surface area contributed by atoms with Crippen LogP contribution >= 0.6 is 0 Å². The molecule has 3 rings (SSSR count). The maximum Gasteiger partial charge on any atom is 0.437 e. The number of carbonyl (C=O) groups excluding carboxylic acids is 2. The molecule has 0 saturated heterocycles. The number of ether oxygens (including phenoxy) is 1. The van der Waals surface area contributed by atoms with E-state index in [1.807, 2.05) is 6.07 Å². The first kappa shape index (κ1) is 19.9. The van der Waals surface area contributed by atoms with E-state index in [2.05, 4.69) is 24.3 Å². The smallest absolute Gasteiger partial charge is 0.437 e. The van der Waals surface area contributed by atoms with Crippen LogP contribution in [0.1, 0.15) is 33.1 Å². The number of hydrogen-bond acceptors (Lipinski definition) is 6. The van der Waals surface area contributed by atoms with Gasteiger partial charge in [0.15, 0.2) is 6.61 Å². The highest BCUT2D eigenvalue weighted by Crippen LogP contribution is 2.29. The molecule has 8 nitrogen and oxygen atoms in total. The van der Waals surface area contributed by atoms with E-state index in [1.54, 1.807) is 24.3 Å². The Hall–Kier alpha value is -2.90. The minimum absolute atomic E-state index is 0.0987. The van der Waals surface area contributed by atoms with Gasteiger partial charge in [0.05, 0.1) is 0 Å². The minimum atomic E-state index is -0.759. The summed E-state index contributed by atoms with van der Waals surface area (Å²) in [6.07, 6.45) is 3.18. The van der Waals surface area contributed by atoms with Crippen LogP contribution in [0.3, 0.4) is 0 Å². The summed E-state index contributed by atoms with van der Waals surface area (Å²) in [4.78, 5) is 35.9. The number of carbonyl (C=O) groups is 2. The van der Waals surface area contributed by atoms with Gasteiger partial charge in [0.2, 0.25) is 5.89 Å². The van der Waals surface area contributed by atoms with Crippen molar-refractivity contribution in [2.45, 2.75) is 45.7 Å². The average molecular weight is 387 g/mol. The number of rotatable bonds is 6. The number of amides is 1. The first-order valence-electron chi connectivity index (χ1n) is 9.52. The van der Waals surface area contributed by atoms with Crippen LogP contribution in [0.15, 0.2) is 39.5 Å². The Labute approximate surface area is 162 Å². The van der Waals surface area contributed by atoms with Gasteiger partial charge in [-0.3, -0.25) is 9.59 Å². The van der Waals surface area contributed by atoms with Gasteiger partial charge in [-0.2, -0.15) is 4.68 Å². The lowest BCUT2D eigenvalue weighted by Gasteiger charge is -2.34. The lowest BCUT2D eigenvalue weighted by Crippen LogP contribution is -2.45. The minimum Gasteiger partial charge on any atom is -0.454 e. The van der Waals surface area contributed by atoms with E-state index in [1.165, 1.54) is 6.42 Å². The van der Waals surface area contributed by atoms with Gasteiger partial charge in [-0.05, 0) is 30.4 Å². The van der Waals surface area contributed by atoms with Crippen LogP contribution in [-0.2, 0) is 20.9 Å². The highest BCUT2D eigenvalue weighted by Gasteiger charge is 2.28. The summed E-state index contributed by atoms with van der Waals surface area (Å²) in [6.45, 7) is 3.51. The van der Waals surface area contributed by atoms with Crippen molar-refractivity contribution in [3.8, 4) is 11.5 Å². The first-order chi connectivity index (χ1) is 13.4. The molecule has 1 saturated carbocycles. The molecule has 1 aliphatic carbocycles. The molecule has 1 heterocycles. The van der Waals surface area contributed by atoms with E-state index in [0.29, 0.717) is 17.4 Å². The van der Waals surface area contributed by atoms with Crippen molar-refractivity contribution in [1.29, 1.82) is 0 Å². The van der Waals surface area contributed by atoms with Crippen LogP contribution < -0.4 is 11.1 Å². The van der Waals surface area contributed by atoms with Crippen LogP contribution in [0.4, 0.5) is 0 Å². The van der Waals surface area contributed by atoms with Gasteiger partial charge in [0.25, 0.3) is 5.91 Å². The van der Waals surface area contributed by atoms with Crippen LogP contribution in [-0.4, -0.2) is 34.3 Å². The van der Waals surface area contributed by atoms with E-state index in [9.17, 15) is 14.4 Å². The van der Waals surface area contributed by atoms with Crippen LogP contribution in [0.5, 0.6) is 0 Å². The topological polar surface area (TPSA) is 103 Å². The Balaban J connectivity index is 1.50. The Bertz CT molecular complexity index is 873. The van der Waals surface area contributed by atoms with Crippen LogP contribution in [0, 0.1) is 11.8 Å². The number of aromatic nitrogens is 2. The third-order valence-electron chi connectivity index (χ3n) is 5.32. The molecular formula is C20H25N3O5. The second-order valence-corrected chi connectivity index (χ2v) is 7.30. The lowest BCUT2D eigenvalue weighted by molar-refractivity contribution is -0.149. The molecule has 150 valence electrons. The predicted octanol–water partition coefficient (Wildman–Crippen LogP) is 1.99. The largest absolute Gasteiger partial charge is 0.454 e. The Morgan fingerprint density at radius 2 is 2.00 bits per heavy atom. The van der Waals surface area contributed by atoms with Gasteiger partial charge in [0, 0.05) is 11.6 Å². The van der Waals surface area contributed by atoms with Crippen molar-refractivity contribution in [1.82, 2.24) is 15.1 Å². The summed E-state index contributed by atoms with van der Waals surface area (Å²) in [7, 11) is 0. The van der Waals surface area contributed by atoms with Gasteiger partial charge in [-0.15, -0.1) is 5.10 Å². The van der Waals surface area contributed by atoms with Crippen molar-refractivity contribution in [3.05, 3.63) is 40.9 Å². The summed E-state index contributed by atoms with van der Waals surface area (Å²) in [6, 6.07) is 8.98. The second-order valence-electron chi connectivity index (χ2n) is 7.30. The number of benzene rings is 1. The Kier molecular flexibility index (Phi) is 6.28. The molecule has 1 aliphatic rings. The molecule has 0 radical (unpaired) electrons. The molecule has 8 heteroatoms. The molecule has 0 aliphatic heterocycles. The first-order valence-corrected chi connectivity index (χ1v) is 9.52. The normalized spacial score (nSPS) is 21.9. The molecule has 1 N–H and O–H groups in total. The van der Waals surface area contributed by atoms with Gasteiger partial charge < -0.3 is 14.5 Å². The number of hydrogen-bond donors (Lipinski definition) is 1. The number of nitrogens with one attached hydrogen (secondary N) is 1. The quantitative estimate of drug-likeness (QED) is 0.760. The van der Waals surface area contributed by atoms with E-state index in [4.69, 9.17) is 9.15 Å². The van der Waals surface area contributed by atoms with E-state index in [0.717, 1.165) is 17.5 Å². The Morgan fingerprint density at radius 1 is 1.25 bits per heavy atom. The zero-order valence-electron chi connectivity index (χ0n) is 16.1. The number of nitrogens with zero attached hydrogens (tertiary/aromatic N) is 2. The van der Waals surface area contributed by atoms with Gasteiger partial charge in [-0.25, -0.2) is 4.79 Å². The van der Waals surface area contributed by atoms with Crippen LogP contribution in [0.25, 0.3) is 11.5 Å². The number of esters is 1. The van der Waals surface area contributed by atoms with E-state index >= 15 is 0 Å². The van der Waals surface area contributed by atoms with Crippen molar-refractivity contribution in [3.63, 3.8) is 0 Å². The second kappa shape index (κ2) is 8.86. The summed E-state index contributed by atoms with van der Waals surface area (Å²) >= 11 is 0. The fourth-order valence-electron chi connectivity index (χ4n) is 3.45. The molecule has 1 fully saturated rings. The monoisotopic (exact) mass is 387 g/mol. The summed E-state index contributed by atoms with van der Waals surface area (Å²) in [5, 5.41) is 6.93. The highest BCUT2D eigenvalue weighted by atomic mass is 16.5. The summed E-state index contributed by atoms with van der Waals surface area (Å²) < 4.78 is 10.9. The van der Waals surface area contributed by atoms with Crippen LogP contribution in [0.2, 0.25) is 0 Å². The fraction of sp³-hybridized carbons (Fsp3) is 0.500. The van der Waals surface area contributed by atoms with E-state index in [-0.39, 0.29) is 24.4 Å². The molecule has 28 heavy (non-hydrogen) atoms. The third-order valence-corrected chi connectivity index (χ3v) is 5.32. The standard InChI is InChI=1S/C20H25N3O5/c1-13-7-6-10-16(14(13)2)21-17(24)12-27-18(25)11-23-20(26)28-19(22-23)15-8-4-3-5-9-15/h3-5,8-9,13-14,16H,6-7,10-12H2,1-2H3,(H,21,24)/t13-,14+,16-/m0/s1. The van der Waals surface area contributed by atoms with Crippen molar-refractivity contribution in [2.24, 2.45) is 11.8 Å². The Morgan fingerprint density at radius 3 is 2.75 bits per heavy atom. The predicted molar refractivity (Wildman–Crippen MR) is 101 cm³/mol. The SMILES string of the molecule is C[C@H]1[C@@H](NC(=O)COC(=O)Cn2nc(-c3ccccc3)oc2=O)CCC[C@@H]1C. The molecule has 1 aromatic carbocycles. The van der Waals surface area contributed by atoms with Gasteiger partial charge >= 0.3 is 11.7 Å². The summed E-state index contributed by atoms with van der Waals surface area (Å²) in [5.41, 5.74) is 0.627. The zero-order chi connectivity index (χ0) is 20.1. The summed E-state index contributed by atoms with van der Waals surface area (Å²) in [5.74, 6) is -0.758. The van der Waals surface area contributed by atoms with Crippen molar-refractivity contribution >= 4 is 11.9 Å². The molecular weight excluding hydrogens is 362 g/mol. The molecule has 0 bridgehead atoms. The molecule has 3 atom stereocenters. The molecule has 1 amide bonds. The zero-order valence-corrected chi connectivity index (χ0v) is 16.1. The maximum atomic E-state index is 12.1. The molecule has 2 aromatic rings. The van der Waals surface area contributed by atoms with Gasteiger partial charge in [-0.1, -0.05) is 44.9 Å². The van der Waals surface area contributed by atoms with Crippen molar-refractivity contribution in [2.75, 3.05) is 6.61 Å². The van der Waals surface area contributed by atoms with Crippen molar-refractivity contribution < 1.29 is 18.7 Å². The third kappa shape index (κ3) is 4.88. The highest BCUT2D eigenvalue weighted by molar-refractivity contribution is 5.80. The van der Waals surface area contributed by atoms with E-state index < -0.39 is 18.3 Å². The maximum absolute atomic E-state index is 12.1. The fourth-order valence-corrected chi connectivity index (χ4v) is 3.45. The molecule has 1 aromatic heterocycles. The molecule has 0 unspecified atom stereocenters. The average Bonchev–Trinajstić information content (AvgIpc) is 3.05. The van der Waals surface area contributed by atoms with Gasteiger partial charge in [0.1, 0.15) is 6.54 Å².